The molecule has 48 heavy (non-hydrogen) atoms. The maximum Gasteiger partial charge on any atom is 0.408 e. The van der Waals surface area contributed by atoms with E-state index in [1.807, 2.05) is 72.1 Å². The van der Waals surface area contributed by atoms with Gasteiger partial charge in [-0.1, -0.05) is 72.4 Å². The third-order valence-electron chi connectivity index (χ3n) is 7.43. The minimum absolute atomic E-state index is 0.0752. The predicted molar refractivity (Wildman–Crippen MR) is 195 cm³/mol. The molecular weight excluding hydrogens is 708 g/mol. The molecule has 1 N–H and O–H groups in total. The van der Waals surface area contributed by atoms with Gasteiger partial charge < -0.3 is 14.8 Å². The summed E-state index contributed by atoms with van der Waals surface area (Å²) >= 11 is 11.9. The molecule has 2 atom stereocenters. The van der Waals surface area contributed by atoms with Crippen LogP contribution in [0.2, 0.25) is 0 Å². The molecule has 248 valence electrons. The fourth-order valence-corrected chi connectivity index (χ4v) is 10.2. The molecule has 8 nitrogen and oxygen atoms in total. The number of nitrogens with zero attached hydrogens (tertiary/aromatic N) is 1. The Morgan fingerprint density at radius 2 is 1.73 bits per heavy atom. The number of halogens is 1. The number of carbonyl (C=O) groups excluding carboxylic acids is 3. The van der Waals surface area contributed by atoms with Crippen LogP contribution in [-0.2, 0) is 24.9 Å². The van der Waals surface area contributed by atoms with Crippen molar-refractivity contribution in [2.75, 3.05) is 5.75 Å². The van der Waals surface area contributed by atoms with E-state index in [2.05, 4.69) is 5.32 Å². The van der Waals surface area contributed by atoms with Gasteiger partial charge in [-0.15, -0.1) is 46.0 Å². The minimum atomic E-state index is -0.868. The number of carbonyl (C=O) groups is 3. The number of ether oxygens (including phenoxy) is 2. The van der Waals surface area contributed by atoms with E-state index < -0.39 is 41.1 Å². The Labute approximate surface area is 299 Å². The number of thioether (sulfide) groups is 2. The molecule has 4 aromatic rings. The molecule has 0 saturated carbocycles. The Bertz CT molecular complexity index is 1930. The third-order valence-corrected chi connectivity index (χ3v) is 12.3. The monoisotopic (exact) mass is 738 g/mol. The van der Waals surface area contributed by atoms with Crippen molar-refractivity contribution in [3.8, 4) is 0 Å². The van der Waals surface area contributed by atoms with Gasteiger partial charge in [0.2, 0.25) is 5.43 Å². The minimum Gasteiger partial charge on any atom is -0.448 e. The van der Waals surface area contributed by atoms with Gasteiger partial charge in [-0.05, 0) is 60.4 Å². The van der Waals surface area contributed by atoms with Crippen LogP contribution in [0.3, 0.4) is 0 Å². The SMILES string of the molecule is CC(C)(C)OC(=O)N[C@@H]1C(=O)N2C(C(=O)OC(c3ccccc3)c3ccccc3)=C(/C=C/Sc3sc4ccsc4c(=O)c3CCl)CS[C@H]12. The van der Waals surface area contributed by atoms with Crippen LogP contribution in [0, 0.1) is 0 Å². The number of alkyl halides is 1. The lowest BCUT2D eigenvalue weighted by Crippen LogP contribution is -2.70. The zero-order chi connectivity index (χ0) is 34.0. The largest absolute Gasteiger partial charge is 0.448 e. The number of allylic oxidation sites excluding steroid dienone is 1. The lowest BCUT2D eigenvalue weighted by molar-refractivity contribution is -0.153. The van der Waals surface area contributed by atoms with Crippen LogP contribution in [0.5, 0.6) is 0 Å². The fraction of sp³-hybridized carbons (Fsp3) is 0.257. The average molecular weight is 739 g/mol. The molecule has 2 amide bonds. The van der Waals surface area contributed by atoms with Gasteiger partial charge in [-0.3, -0.25) is 14.5 Å². The molecule has 0 aliphatic carbocycles. The van der Waals surface area contributed by atoms with Gasteiger partial charge in [0.05, 0.1) is 19.5 Å². The van der Waals surface area contributed by atoms with Crippen molar-refractivity contribution < 1.29 is 23.9 Å². The number of hydrogen-bond acceptors (Lipinski definition) is 10. The molecule has 0 unspecified atom stereocenters. The number of amides is 2. The van der Waals surface area contributed by atoms with Crippen LogP contribution in [0.15, 0.2) is 104 Å². The maximum atomic E-state index is 14.2. The average Bonchev–Trinajstić information content (AvgIpc) is 3.55. The second kappa shape index (κ2) is 14.5. The summed E-state index contributed by atoms with van der Waals surface area (Å²) < 4.78 is 13.9. The molecule has 2 aromatic heterocycles. The molecular formula is C35H31ClN2O6S4. The van der Waals surface area contributed by atoms with E-state index in [0.29, 0.717) is 21.6 Å². The quantitative estimate of drug-likeness (QED) is 0.0797. The number of hydrogen-bond donors (Lipinski definition) is 1. The number of β-lactam (4-membered cyclic amide) rings is 1. The Morgan fingerprint density at radius 3 is 2.35 bits per heavy atom. The molecule has 2 aromatic carbocycles. The van der Waals surface area contributed by atoms with Gasteiger partial charge in [-0.2, -0.15) is 0 Å². The van der Waals surface area contributed by atoms with E-state index >= 15 is 0 Å². The summed E-state index contributed by atoms with van der Waals surface area (Å²) in [7, 11) is 0. The fourth-order valence-electron chi connectivity index (χ4n) is 5.26. The number of thiophene rings is 1. The number of esters is 1. The van der Waals surface area contributed by atoms with Crippen molar-refractivity contribution >= 4 is 85.2 Å². The normalized spacial score (nSPS) is 17.9. The standard InChI is InChI=1S/C35H31ClN2O6S4/c1-35(2,3)44-34(42)37-25-30(40)38-26(32(41)43-28(20-10-6-4-7-11-20)21-12-8-5-9-13-21)22(19-47-31(25)38)14-16-46-33-23(18-36)27(39)29-24(48-33)15-17-45-29/h4-17,25,28,31H,18-19H2,1-3H3,(H,37,42)/b16-14+/t25-,31-/m1/s1. The van der Waals surface area contributed by atoms with Crippen molar-refractivity contribution in [2.45, 2.75) is 54.0 Å². The summed E-state index contributed by atoms with van der Waals surface area (Å²) in [4.78, 5) is 54.8. The Kier molecular flexibility index (Phi) is 10.4. The van der Waals surface area contributed by atoms with Crippen LogP contribution in [0.1, 0.15) is 43.6 Å². The zero-order valence-electron chi connectivity index (χ0n) is 26.1. The highest BCUT2D eigenvalue weighted by Gasteiger charge is 2.54. The van der Waals surface area contributed by atoms with E-state index in [1.165, 1.54) is 51.1 Å². The highest BCUT2D eigenvalue weighted by atomic mass is 35.5. The number of rotatable bonds is 9. The number of nitrogens with one attached hydrogen (secondary N) is 1. The topological polar surface area (TPSA) is 102 Å². The lowest BCUT2D eigenvalue weighted by atomic mass is 10.0. The van der Waals surface area contributed by atoms with E-state index in [9.17, 15) is 19.2 Å². The summed E-state index contributed by atoms with van der Waals surface area (Å²) in [6.45, 7) is 5.23. The van der Waals surface area contributed by atoms with E-state index in [-0.39, 0.29) is 17.0 Å². The molecule has 13 heteroatoms. The van der Waals surface area contributed by atoms with Crippen molar-refractivity contribution in [1.82, 2.24) is 10.2 Å². The summed E-state index contributed by atoms with van der Waals surface area (Å²) in [5.74, 6) is -0.666. The second-order valence-corrected chi connectivity index (χ2v) is 16.4. The molecule has 0 radical (unpaired) electrons. The molecule has 1 saturated heterocycles. The van der Waals surface area contributed by atoms with Gasteiger partial charge in [-0.25, -0.2) is 9.59 Å². The predicted octanol–water partition coefficient (Wildman–Crippen LogP) is 8.06. The summed E-state index contributed by atoms with van der Waals surface area (Å²) in [6, 6.07) is 19.9. The zero-order valence-corrected chi connectivity index (χ0v) is 30.2. The maximum absolute atomic E-state index is 14.2. The second-order valence-electron chi connectivity index (χ2n) is 11.9. The van der Waals surface area contributed by atoms with Gasteiger partial charge >= 0.3 is 12.1 Å². The first kappa shape index (κ1) is 34.3. The number of alkyl carbamates (subject to hydrolysis) is 1. The number of fused-ring (bicyclic) bond motifs is 2. The lowest BCUT2D eigenvalue weighted by Gasteiger charge is -2.49. The summed E-state index contributed by atoms with van der Waals surface area (Å²) in [6.07, 6.45) is 0.341. The van der Waals surface area contributed by atoms with Gasteiger partial charge in [0.15, 0.2) is 6.10 Å². The van der Waals surface area contributed by atoms with Gasteiger partial charge in [0.1, 0.15) is 22.7 Å². The van der Waals surface area contributed by atoms with E-state index in [0.717, 1.165) is 20.0 Å². The molecule has 4 heterocycles. The summed E-state index contributed by atoms with van der Waals surface area (Å²) in [5, 5.41) is 5.83. The molecule has 0 bridgehead atoms. The van der Waals surface area contributed by atoms with Gasteiger partial charge in [0, 0.05) is 11.3 Å². The third kappa shape index (κ3) is 7.23. The smallest absolute Gasteiger partial charge is 0.408 e. The van der Waals surface area contributed by atoms with Crippen LogP contribution in [0.25, 0.3) is 9.40 Å². The molecule has 6 rings (SSSR count). The van der Waals surface area contributed by atoms with Crippen molar-refractivity contribution in [3.63, 3.8) is 0 Å². The first-order valence-corrected chi connectivity index (χ1v) is 19.1. The van der Waals surface area contributed by atoms with Crippen LogP contribution >= 0.6 is 57.8 Å². The molecule has 1 fully saturated rings. The Balaban J connectivity index is 1.33. The van der Waals surface area contributed by atoms with Crippen LogP contribution in [0.4, 0.5) is 4.79 Å². The van der Waals surface area contributed by atoms with Gasteiger partial charge in [0.25, 0.3) is 5.91 Å². The molecule has 0 spiro atoms. The highest BCUT2D eigenvalue weighted by Crippen LogP contribution is 2.43. The van der Waals surface area contributed by atoms with E-state index in [4.69, 9.17) is 21.1 Å². The van der Waals surface area contributed by atoms with Crippen molar-refractivity contribution in [2.24, 2.45) is 0 Å². The number of benzene rings is 2. The van der Waals surface area contributed by atoms with E-state index in [1.54, 1.807) is 32.3 Å². The molecule has 2 aliphatic rings. The highest BCUT2D eigenvalue weighted by molar-refractivity contribution is 8.04. The molecule has 2 aliphatic heterocycles. The van der Waals surface area contributed by atoms with Crippen molar-refractivity contribution in [1.29, 1.82) is 0 Å². The Morgan fingerprint density at radius 1 is 1.06 bits per heavy atom. The van der Waals surface area contributed by atoms with Crippen LogP contribution < -0.4 is 10.7 Å². The van der Waals surface area contributed by atoms with Crippen molar-refractivity contribution in [3.05, 3.63) is 122 Å². The first-order valence-electron chi connectivity index (χ1n) is 15.0. The van der Waals surface area contributed by atoms with Crippen LogP contribution in [-0.4, -0.2) is 45.6 Å². The summed E-state index contributed by atoms with van der Waals surface area (Å²) in [5.41, 5.74) is 1.95. The first-order chi connectivity index (χ1) is 23.1. The Hall–Kier alpha value is -3.55.